The Morgan fingerprint density at radius 3 is 2.65 bits per heavy atom. The molecule has 0 spiro atoms. The summed E-state index contributed by atoms with van der Waals surface area (Å²) in [6, 6.07) is 11.4. The fraction of sp³-hybridized carbons (Fsp3) is 0.267. The predicted molar refractivity (Wildman–Crippen MR) is 86.6 cm³/mol. The maximum atomic E-state index is 12.3. The molecule has 5 heteroatoms. The highest BCUT2D eigenvalue weighted by Crippen LogP contribution is 2.21. The van der Waals surface area contributed by atoms with Crippen LogP contribution in [0.2, 0.25) is 0 Å². The van der Waals surface area contributed by atoms with Crippen molar-refractivity contribution in [2.45, 2.75) is 19.0 Å². The summed E-state index contributed by atoms with van der Waals surface area (Å²) >= 11 is 5.04. The molecule has 0 aliphatic rings. The van der Waals surface area contributed by atoms with Crippen LogP contribution in [0.4, 0.5) is 0 Å². The Morgan fingerprint density at radius 1 is 1.35 bits per heavy atom. The number of benzene rings is 1. The molecule has 1 aromatic heterocycles. The zero-order valence-corrected chi connectivity index (χ0v) is 13.7. The van der Waals surface area contributed by atoms with Crippen molar-refractivity contribution in [1.29, 1.82) is 0 Å². The summed E-state index contributed by atoms with van der Waals surface area (Å²) < 4.78 is 1.07. The summed E-state index contributed by atoms with van der Waals surface area (Å²) in [5.41, 5.74) is 8.21. The van der Waals surface area contributed by atoms with Gasteiger partial charge in [0.1, 0.15) is 0 Å². The minimum Gasteiger partial charge on any atom is -0.340 e. The molecule has 2 aromatic rings. The van der Waals surface area contributed by atoms with Crippen LogP contribution in [0.5, 0.6) is 0 Å². The topological polar surface area (TPSA) is 46.3 Å². The highest BCUT2D eigenvalue weighted by atomic mass is 79.9. The van der Waals surface area contributed by atoms with Crippen molar-refractivity contribution in [2.75, 3.05) is 7.05 Å². The predicted octanol–water partition coefficient (Wildman–Crippen LogP) is 3.04. The van der Waals surface area contributed by atoms with Crippen LogP contribution < -0.4 is 5.73 Å². The van der Waals surface area contributed by atoms with Gasteiger partial charge in [-0.05, 0) is 44.9 Å². The molecule has 2 N–H and O–H groups in total. The van der Waals surface area contributed by atoms with Gasteiger partial charge in [0.2, 0.25) is 5.91 Å². The van der Waals surface area contributed by atoms with Crippen LogP contribution in [0.3, 0.4) is 0 Å². The van der Waals surface area contributed by atoms with E-state index in [1.807, 2.05) is 41.8 Å². The molecular weight excluding hydrogens is 336 g/mol. The number of nitrogens with two attached hydrogens (primary N) is 1. The Balaban J connectivity index is 1.92. The molecule has 1 atom stereocenters. The molecule has 0 fully saturated rings. The Labute approximate surface area is 131 Å². The molecule has 0 aliphatic carbocycles. The maximum Gasteiger partial charge on any atom is 0.239 e. The summed E-state index contributed by atoms with van der Waals surface area (Å²) in [4.78, 5) is 13.9. The lowest BCUT2D eigenvalue weighted by molar-refractivity contribution is -0.131. The van der Waals surface area contributed by atoms with Gasteiger partial charge in [-0.1, -0.05) is 30.3 Å². The molecule has 0 bridgehead atoms. The fourth-order valence-electron chi connectivity index (χ4n) is 2.02. The molecule has 1 heterocycles. The first kappa shape index (κ1) is 15.2. The summed E-state index contributed by atoms with van der Waals surface area (Å²) in [5.74, 6) is -0.0313. The normalized spacial score (nSPS) is 12.2. The Bertz CT molecular complexity index is 570. The Morgan fingerprint density at radius 2 is 2.05 bits per heavy atom. The van der Waals surface area contributed by atoms with Crippen LogP contribution >= 0.6 is 27.3 Å². The standard InChI is InChI=1S/C15H17BrN2OS/c1-18(9-12-8-14(16)20-10-12)15(19)13(17)7-11-5-3-2-4-6-11/h2-6,8,10,13H,7,9,17H2,1H3. The van der Waals surface area contributed by atoms with Gasteiger partial charge in [0.15, 0.2) is 0 Å². The number of halogens is 1. The number of carbonyl (C=O) groups is 1. The lowest BCUT2D eigenvalue weighted by Crippen LogP contribution is -2.42. The molecule has 0 saturated carbocycles. The van der Waals surface area contributed by atoms with E-state index in [0.29, 0.717) is 13.0 Å². The molecule has 0 radical (unpaired) electrons. The van der Waals surface area contributed by atoms with E-state index < -0.39 is 6.04 Å². The van der Waals surface area contributed by atoms with Crippen molar-refractivity contribution in [2.24, 2.45) is 5.73 Å². The van der Waals surface area contributed by atoms with Gasteiger partial charge in [-0.3, -0.25) is 4.79 Å². The molecule has 1 unspecified atom stereocenters. The zero-order valence-electron chi connectivity index (χ0n) is 11.3. The number of hydrogen-bond donors (Lipinski definition) is 1. The van der Waals surface area contributed by atoms with E-state index in [4.69, 9.17) is 5.73 Å². The second kappa shape index (κ2) is 7.02. The Hall–Kier alpha value is -1.17. The number of nitrogens with zero attached hydrogens (tertiary/aromatic N) is 1. The molecule has 2 rings (SSSR count). The van der Waals surface area contributed by atoms with E-state index in [1.54, 1.807) is 23.3 Å². The number of likely N-dealkylation sites (N-methyl/N-ethyl adjacent to an activating group) is 1. The zero-order chi connectivity index (χ0) is 14.5. The van der Waals surface area contributed by atoms with Crippen LogP contribution in [0.15, 0.2) is 45.6 Å². The number of rotatable bonds is 5. The van der Waals surface area contributed by atoms with Crippen molar-refractivity contribution in [3.8, 4) is 0 Å². The quantitative estimate of drug-likeness (QED) is 0.898. The monoisotopic (exact) mass is 352 g/mol. The lowest BCUT2D eigenvalue weighted by Gasteiger charge is -2.21. The first-order chi connectivity index (χ1) is 9.56. The third-order valence-electron chi connectivity index (χ3n) is 3.03. The second-order valence-electron chi connectivity index (χ2n) is 4.75. The van der Waals surface area contributed by atoms with E-state index in [9.17, 15) is 4.79 Å². The van der Waals surface area contributed by atoms with Gasteiger partial charge in [-0.25, -0.2) is 0 Å². The molecular formula is C15H17BrN2OS. The molecule has 3 nitrogen and oxygen atoms in total. The molecule has 1 aromatic carbocycles. The van der Waals surface area contributed by atoms with Crippen LogP contribution in [-0.2, 0) is 17.8 Å². The van der Waals surface area contributed by atoms with Crippen LogP contribution in [0, 0.1) is 0 Å². The minimum atomic E-state index is -0.496. The number of hydrogen-bond acceptors (Lipinski definition) is 3. The molecule has 106 valence electrons. The summed E-state index contributed by atoms with van der Waals surface area (Å²) in [5, 5.41) is 2.04. The van der Waals surface area contributed by atoms with Gasteiger partial charge in [0.25, 0.3) is 0 Å². The van der Waals surface area contributed by atoms with Gasteiger partial charge in [0, 0.05) is 13.6 Å². The van der Waals surface area contributed by atoms with Gasteiger partial charge >= 0.3 is 0 Å². The molecule has 0 aliphatic heterocycles. The van der Waals surface area contributed by atoms with Crippen molar-refractivity contribution >= 4 is 33.2 Å². The first-order valence-electron chi connectivity index (χ1n) is 6.33. The number of thiophene rings is 1. The van der Waals surface area contributed by atoms with Crippen molar-refractivity contribution in [3.05, 3.63) is 56.7 Å². The van der Waals surface area contributed by atoms with Crippen LogP contribution in [0.25, 0.3) is 0 Å². The third-order valence-corrected chi connectivity index (χ3v) is 4.59. The number of carbonyl (C=O) groups excluding carboxylic acids is 1. The SMILES string of the molecule is CN(Cc1csc(Br)c1)C(=O)C(N)Cc1ccccc1. The van der Waals surface area contributed by atoms with Crippen molar-refractivity contribution < 1.29 is 4.79 Å². The smallest absolute Gasteiger partial charge is 0.239 e. The first-order valence-corrected chi connectivity index (χ1v) is 8.01. The average Bonchev–Trinajstić information content (AvgIpc) is 2.84. The van der Waals surface area contributed by atoms with E-state index in [0.717, 1.165) is 14.9 Å². The lowest BCUT2D eigenvalue weighted by atomic mass is 10.1. The fourth-order valence-corrected chi connectivity index (χ4v) is 3.22. The number of amides is 1. The molecule has 1 amide bonds. The highest BCUT2D eigenvalue weighted by molar-refractivity contribution is 9.11. The summed E-state index contributed by atoms with van der Waals surface area (Å²) in [6.45, 7) is 0.587. The Kier molecular flexibility index (Phi) is 5.34. The summed E-state index contributed by atoms with van der Waals surface area (Å²) in [6.07, 6.45) is 0.567. The van der Waals surface area contributed by atoms with Gasteiger partial charge < -0.3 is 10.6 Å². The minimum absolute atomic E-state index is 0.0313. The highest BCUT2D eigenvalue weighted by Gasteiger charge is 2.18. The van der Waals surface area contributed by atoms with Gasteiger partial charge in [-0.2, -0.15) is 0 Å². The van der Waals surface area contributed by atoms with Gasteiger partial charge in [-0.15, -0.1) is 11.3 Å². The van der Waals surface area contributed by atoms with E-state index in [-0.39, 0.29) is 5.91 Å². The van der Waals surface area contributed by atoms with Crippen molar-refractivity contribution in [3.63, 3.8) is 0 Å². The van der Waals surface area contributed by atoms with Crippen LogP contribution in [0.1, 0.15) is 11.1 Å². The van der Waals surface area contributed by atoms with E-state index in [1.165, 1.54) is 0 Å². The average molecular weight is 353 g/mol. The van der Waals surface area contributed by atoms with E-state index >= 15 is 0 Å². The molecule has 0 saturated heterocycles. The van der Waals surface area contributed by atoms with Gasteiger partial charge in [0.05, 0.1) is 9.83 Å². The second-order valence-corrected chi connectivity index (χ2v) is 7.04. The van der Waals surface area contributed by atoms with Crippen LogP contribution in [-0.4, -0.2) is 23.9 Å². The largest absolute Gasteiger partial charge is 0.340 e. The maximum absolute atomic E-state index is 12.3. The summed E-state index contributed by atoms with van der Waals surface area (Å²) in [7, 11) is 1.79. The third kappa shape index (κ3) is 4.16. The molecule has 20 heavy (non-hydrogen) atoms. The van der Waals surface area contributed by atoms with E-state index in [2.05, 4.69) is 15.9 Å². The van der Waals surface area contributed by atoms with Crippen molar-refractivity contribution in [1.82, 2.24) is 4.90 Å².